The zero-order valence-electron chi connectivity index (χ0n) is 12.1. The Morgan fingerprint density at radius 2 is 2.06 bits per heavy atom. The first-order valence-corrected chi connectivity index (χ1v) is 8.68. The Bertz CT molecular complexity index is 329. The molecule has 18 heavy (non-hydrogen) atoms. The molecule has 1 aromatic rings. The van der Waals surface area contributed by atoms with E-state index in [-0.39, 0.29) is 0 Å². The number of hydrogen-bond donors (Lipinski definition) is 1. The van der Waals surface area contributed by atoms with Crippen LogP contribution in [0.3, 0.4) is 0 Å². The molecule has 0 radical (unpaired) electrons. The molecular weight excluding hydrogens is 306 g/mol. The normalized spacial score (nSPS) is 14.7. The van der Waals surface area contributed by atoms with Gasteiger partial charge >= 0.3 is 0 Å². The molecule has 2 unspecified atom stereocenters. The van der Waals surface area contributed by atoms with E-state index in [0.29, 0.717) is 6.04 Å². The van der Waals surface area contributed by atoms with Crippen LogP contribution in [-0.2, 0) is 0 Å². The summed E-state index contributed by atoms with van der Waals surface area (Å²) < 4.78 is 1.28. The van der Waals surface area contributed by atoms with E-state index in [4.69, 9.17) is 0 Å². The van der Waals surface area contributed by atoms with Gasteiger partial charge in [-0.05, 0) is 59.8 Å². The highest BCUT2D eigenvalue weighted by atomic mass is 79.9. The molecule has 1 nitrogen and oxygen atoms in total. The number of nitrogens with one attached hydrogen (secondary N) is 1. The van der Waals surface area contributed by atoms with Gasteiger partial charge in [0.15, 0.2) is 0 Å². The maximum absolute atomic E-state index is 3.71. The molecule has 0 aliphatic rings. The van der Waals surface area contributed by atoms with Crippen LogP contribution in [0.25, 0.3) is 0 Å². The summed E-state index contributed by atoms with van der Waals surface area (Å²) in [5, 5.41) is 3.71. The molecule has 1 rings (SSSR count). The lowest BCUT2D eigenvalue weighted by Crippen LogP contribution is -2.23. The quantitative estimate of drug-likeness (QED) is 0.645. The molecule has 0 saturated carbocycles. The van der Waals surface area contributed by atoms with Gasteiger partial charge < -0.3 is 5.32 Å². The van der Waals surface area contributed by atoms with Crippen molar-refractivity contribution in [3.05, 3.63) is 20.3 Å². The summed E-state index contributed by atoms with van der Waals surface area (Å²) in [6.07, 6.45) is 5.06. The zero-order valence-corrected chi connectivity index (χ0v) is 14.5. The van der Waals surface area contributed by atoms with E-state index in [9.17, 15) is 0 Å². The van der Waals surface area contributed by atoms with E-state index in [0.717, 1.165) is 12.5 Å². The van der Waals surface area contributed by atoms with Gasteiger partial charge in [0, 0.05) is 10.9 Å². The van der Waals surface area contributed by atoms with Crippen molar-refractivity contribution in [2.24, 2.45) is 5.92 Å². The molecule has 0 amide bonds. The predicted molar refractivity (Wildman–Crippen MR) is 86.5 cm³/mol. The van der Waals surface area contributed by atoms with Crippen molar-refractivity contribution in [2.45, 2.75) is 59.4 Å². The topological polar surface area (TPSA) is 12.0 Å². The standard InChI is InChI=1S/C15H26BrNS/c1-5-7-11(3)9-13(17-8-6-2)14-10-12(4)15(16)18-14/h10-11,13,17H,5-9H2,1-4H3. The fourth-order valence-electron chi connectivity index (χ4n) is 2.29. The highest BCUT2D eigenvalue weighted by molar-refractivity contribution is 9.11. The van der Waals surface area contributed by atoms with Crippen molar-refractivity contribution in [2.75, 3.05) is 6.54 Å². The summed E-state index contributed by atoms with van der Waals surface area (Å²) >= 11 is 5.53. The lowest BCUT2D eigenvalue weighted by atomic mass is 9.96. The molecule has 0 spiro atoms. The van der Waals surface area contributed by atoms with E-state index in [1.165, 1.54) is 39.9 Å². The summed E-state index contributed by atoms with van der Waals surface area (Å²) in [6, 6.07) is 2.86. The van der Waals surface area contributed by atoms with Crippen LogP contribution >= 0.6 is 27.3 Å². The van der Waals surface area contributed by atoms with Crippen LogP contribution in [0.1, 0.15) is 62.9 Å². The molecule has 1 heterocycles. The van der Waals surface area contributed by atoms with Crippen LogP contribution < -0.4 is 5.32 Å². The molecule has 104 valence electrons. The molecular formula is C15H26BrNS. The predicted octanol–water partition coefficient (Wildman–Crippen LogP) is 5.69. The minimum atomic E-state index is 0.529. The maximum Gasteiger partial charge on any atom is 0.0731 e. The van der Waals surface area contributed by atoms with Crippen LogP contribution in [0.4, 0.5) is 0 Å². The lowest BCUT2D eigenvalue weighted by Gasteiger charge is -2.21. The van der Waals surface area contributed by atoms with Crippen molar-refractivity contribution in [3.63, 3.8) is 0 Å². The van der Waals surface area contributed by atoms with Crippen LogP contribution in [0.2, 0.25) is 0 Å². The first kappa shape index (κ1) is 16.2. The number of rotatable bonds is 8. The van der Waals surface area contributed by atoms with Gasteiger partial charge in [0.05, 0.1) is 3.79 Å². The van der Waals surface area contributed by atoms with Gasteiger partial charge in [0.2, 0.25) is 0 Å². The second kappa shape index (κ2) is 8.34. The molecule has 0 fully saturated rings. The molecule has 3 heteroatoms. The molecule has 1 N–H and O–H groups in total. The second-order valence-electron chi connectivity index (χ2n) is 5.24. The average Bonchev–Trinajstić information content (AvgIpc) is 2.65. The Balaban J connectivity index is 2.70. The van der Waals surface area contributed by atoms with Crippen molar-refractivity contribution in [1.82, 2.24) is 5.32 Å². The first-order valence-electron chi connectivity index (χ1n) is 7.07. The monoisotopic (exact) mass is 331 g/mol. The molecule has 1 aromatic heterocycles. The fourth-order valence-corrected chi connectivity index (χ4v) is 3.95. The highest BCUT2D eigenvalue weighted by Gasteiger charge is 2.17. The van der Waals surface area contributed by atoms with Gasteiger partial charge in [-0.3, -0.25) is 0 Å². The van der Waals surface area contributed by atoms with Crippen LogP contribution in [0, 0.1) is 12.8 Å². The second-order valence-corrected chi connectivity index (χ2v) is 7.64. The van der Waals surface area contributed by atoms with E-state index >= 15 is 0 Å². The van der Waals surface area contributed by atoms with Gasteiger partial charge in [-0.1, -0.05) is 33.6 Å². The minimum Gasteiger partial charge on any atom is -0.309 e. The smallest absolute Gasteiger partial charge is 0.0731 e. The van der Waals surface area contributed by atoms with E-state index in [1.54, 1.807) is 0 Å². The third-order valence-electron chi connectivity index (χ3n) is 3.28. The SMILES string of the molecule is CCCNC(CC(C)CCC)c1cc(C)c(Br)s1. The highest BCUT2D eigenvalue weighted by Crippen LogP contribution is 2.34. The molecule has 0 aliphatic heterocycles. The Morgan fingerprint density at radius 3 is 2.56 bits per heavy atom. The van der Waals surface area contributed by atoms with Crippen molar-refractivity contribution < 1.29 is 0 Å². The minimum absolute atomic E-state index is 0.529. The van der Waals surface area contributed by atoms with Gasteiger partial charge in [-0.15, -0.1) is 11.3 Å². The average molecular weight is 332 g/mol. The van der Waals surface area contributed by atoms with Crippen molar-refractivity contribution in [3.8, 4) is 0 Å². The Kier molecular flexibility index (Phi) is 7.50. The zero-order chi connectivity index (χ0) is 13.5. The van der Waals surface area contributed by atoms with E-state index in [2.05, 4.69) is 55.0 Å². The molecule has 0 aromatic carbocycles. The first-order chi connectivity index (χ1) is 8.58. The number of hydrogen-bond acceptors (Lipinski definition) is 2. The fraction of sp³-hybridized carbons (Fsp3) is 0.733. The van der Waals surface area contributed by atoms with Crippen LogP contribution in [0.15, 0.2) is 9.85 Å². The van der Waals surface area contributed by atoms with E-state index < -0.39 is 0 Å². The van der Waals surface area contributed by atoms with Gasteiger partial charge in [0.25, 0.3) is 0 Å². The summed E-state index contributed by atoms with van der Waals surface area (Å²) in [5.74, 6) is 0.797. The number of halogens is 1. The van der Waals surface area contributed by atoms with Crippen LogP contribution in [-0.4, -0.2) is 6.54 Å². The Morgan fingerprint density at radius 1 is 1.33 bits per heavy atom. The summed E-state index contributed by atoms with van der Waals surface area (Å²) in [7, 11) is 0. The number of thiophene rings is 1. The van der Waals surface area contributed by atoms with E-state index in [1.807, 2.05) is 11.3 Å². The van der Waals surface area contributed by atoms with Crippen molar-refractivity contribution in [1.29, 1.82) is 0 Å². The summed E-state index contributed by atoms with van der Waals surface area (Å²) in [5.41, 5.74) is 1.36. The summed E-state index contributed by atoms with van der Waals surface area (Å²) in [4.78, 5) is 1.48. The molecule has 0 bridgehead atoms. The third-order valence-corrected chi connectivity index (χ3v) is 5.53. The lowest BCUT2D eigenvalue weighted by molar-refractivity contribution is 0.394. The Labute approximate surface area is 125 Å². The maximum atomic E-state index is 3.71. The number of aryl methyl sites for hydroxylation is 1. The van der Waals surface area contributed by atoms with Gasteiger partial charge in [-0.2, -0.15) is 0 Å². The third kappa shape index (κ3) is 5.02. The largest absolute Gasteiger partial charge is 0.309 e. The molecule has 0 aliphatic carbocycles. The summed E-state index contributed by atoms with van der Waals surface area (Å²) in [6.45, 7) is 10.2. The molecule has 2 atom stereocenters. The van der Waals surface area contributed by atoms with Crippen molar-refractivity contribution >= 4 is 27.3 Å². The van der Waals surface area contributed by atoms with Gasteiger partial charge in [0.1, 0.15) is 0 Å². The van der Waals surface area contributed by atoms with Gasteiger partial charge in [-0.25, -0.2) is 0 Å². The Hall–Kier alpha value is 0.140. The molecule has 0 saturated heterocycles. The van der Waals surface area contributed by atoms with Crippen LogP contribution in [0.5, 0.6) is 0 Å².